The van der Waals surface area contributed by atoms with Gasteiger partial charge in [0.15, 0.2) is 0 Å². The van der Waals surface area contributed by atoms with E-state index < -0.39 is 11.9 Å². The topological polar surface area (TPSA) is 90.0 Å². The zero-order valence-corrected chi connectivity index (χ0v) is 9.32. The molecule has 0 radical (unpaired) electrons. The summed E-state index contributed by atoms with van der Waals surface area (Å²) < 4.78 is 1.26. The number of hydrogen-bond donors (Lipinski definition) is 2. The van der Waals surface area contributed by atoms with Gasteiger partial charge in [-0.25, -0.2) is 10.8 Å². The van der Waals surface area contributed by atoms with Gasteiger partial charge in [-0.2, -0.15) is 0 Å². The summed E-state index contributed by atoms with van der Waals surface area (Å²) in [6.45, 7) is 1.59. The molecule has 0 bridgehead atoms. The number of nitrogens with one attached hydrogen (secondary N) is 1. The molecule has 0 aliphatic carbocycles. The second-order valence-corrected chi connectivity index (χ2v) is 4.18. The van der Waals surface area contributed by atoms with Crippen LogP contribution in [0.25, 0.3) is 10.2 Å². The number of hydrazine groups is 1. The van der Waals surface area contributed by atoms with Gasteiger partial charge >= 0.3 is 0 Å². The zero-order chi connectivity index (χ0) is 11.7. The van der Waals surface area contributed by atoms with Crippen molar-refractivity contribution >= 4 is 27.5 Å². The molecule has 0 fully saturated rings. The van der Waals surface area contributed by atoms with E-state index in [0.717, 1.165) is 0 Å². The van der Waals surface area contributed by atoms with Gasteiger partial charge in [-0.1, -0.05) is 0 Å². The first-order valence-corrected chi connectivity index (χ1v) is 5.48. The Morgan fingerprint density at radius 1 is 1.69 bits per heavy atom. The van der Waals surface area contributed by atoms with Crippen LogP contribution in [0, 0.1) is 0 Å². The molecule has 0 aromatic carbocycles. The first-order valence-electron chi connectivity index (χ1n) is 4.60. The minimum absolute atomic E-state index is 0.234. The van der Waals surface area contributed by atoms with Crippen molar-refractivity contribution in [1.82, 2.24) is 15.0 Å². The predicted octanol–water partition coefficient (Wildman–Crippen LogP) is 0.00890. The highest BCUT2D eigenvalue weighted by molar-refractivity contribution is 7.16. The number of carbonyl (C=O) groups excluding carboxylic acids is 1. The van der Waals surface area contributed by atoms with Crippen LogP contribution in [0.4, 0.5) is 0 Å². The summed E-state index contributed by atoms with van der Waals surface area (Å²) in [4.78, 5) is 28.0. The molecule has 0 aliphatic rings. The second kappa shape index (κ2) is 4.03. The summed E-state index contributed by atoms with van der Waals surface area (Å²) in [5.41, 5.74) is 1.77. The average Bonchev–Trinajstić information content (AvgIpc) is 2.76. The molecule has 3 N–H and O–H groups in total. The highest BCUT2D eigenvalue weighted by Gasteiger charge is 2.16. The average molecular weight is 238 g/mol. The van der Waals surface area contributed by atoms with Crippen LogP contribution in [-0.2, 0) is 4.79 Å². The minimum Gasteiger partial charge on any atom is -0.292 e. The Morgan fingerprint density at radius 2 is 2.44 bits per heavy atom. The van der Waals surface area contributed by atoms with Gasteiger partial charge in [-0.05, 0) is 18.4 Å². The maximum absolute atomic E-state index is 12.0. The van der Waals surface area contributed by atoms with Crippen molar-refractivity contribution in [2.24, 2.45) is 5.84 Å². The maximum atomic E-state index is 12.0. The predicted molar refractivity (Wildman–Crippen MR) is 60.9 cm³/mol. The maximum Gasteiger partial charge on any atom is 0.262 e. The Hall–Kier alpha value is -1.73. The third kappa shape index (κ3) is 1.59. The molecule has 2 aromatic heterocycles. The fourth-order valence-corrected chi connectivity index (χ4v) is 2.12. The molecule has 1 amide bonds. The van der Waals surface area contributed by atoms with Crippen molar-refractivity contribution in [3.8, 4) is 0 Å². The van der Waals surface area contributed by atoms with Gasteiger partial charge in [-0.15, -0.1) is 11.3 Å². The smallest absolute Gasteiger partial charge is 0.262 e. The summed E-state index contributed by atoms with van der Waals surface area (Å²) in [7, 11) is 0. The molecule has 1 atom stereocenters. The van der Waals surface area contributed by atoms with E-state index >= 15 is 0 Å². The minimum atomic E-state index is -0.672. The number of nitrogens with two attached hydrogens (primary N) is 1. The summed E-state index contributed by atoms with van der Waals surface area (Å²) in [6, 6.07) is 1.02. The molecule has 84 valence electrons. The van der Waals surface area contributed by atoms with E-state index in [0.29, 0.717) is 10.2 Å². The molecule has 2 heterocycles. The number of hydrogen-bond acceptors (Lipinski definition) is 5. The fraction of sp³-hybridized carbons (Fsp3) is 0.222. The van der Waals surface area contributed by atoms with Gasteiger partial charge < -0.3 is 0 Å². The Balaban J connectivity index is 2.57. The summed E-state index contributed by atoms with van der Waals surface area (Å²) in [5.74, 6) is 4.59. The van der Waals surface area contributed by atoms with Crippen molar-refractivity contribution < 1.29 is 4.79 Å². The van der Waals surface area contributed by atoms with Gasteiger partial charge in [0.25, 0.3) is 11.5 Å². The van der Waals surface area contributed by atoms with Crippen LogP contribution in [-0.4, -0.2) is 15.5 Å². The molecule has 0 aliphatic heterocycles. The van der Waals surface area contributed by atoms with Gasteiger partial charge in [0.2, 0.25) is 0 Å². The van der Waals surface area contributed by atoms with Crippen LogP contribution in [0.2, 0.25) is 0 Å². The van der Waals surface area contributed by atoms with Crippen LogP contribution in [0.1, 0.15) is 13.0 Å². The van der Waals surface area contributed by atoms with E-state index in [9.17, 15) is 9.59 Å². The molecule has 0 saturated heterocycles. The highest BCUT2D eigenvalue weighted by atomic mass is 32.1. The third-order valence-corrected chi connectivity index (χ3v) is 3.17. The number of fused-ring (bicyclic) bond motifs is 1. The van der Waals surface area contributed by atoms with Crippen LogP contribution >= 0.6 is 11.3 Å². The van der Waals surface area contributed by atoms with E-state index in [2.05, 4.69) is 4.98 Å². The lowest BCUT2D eigenvalue weighted by atomic mass is 10.3. The van der Waals surface area contributed by atoms with E-state index in [-0.39, 0.29) is 5.56 Å². The number of nitrogens with zero attached hydrogens (tertiary/aromatic N) is 2. The number of aromatic nitrogens is 2. The summed E-state index contributed by atoms with van der Waals surface area (Å²) in [6.07, 6.45) is 1.36. The molecular formula is C9H10N4O2S. The summed E-state index contributed by atoms with van der Waals surface area (Å²) in [5, 5.41) is 2.31. The first-order chi connectivity index (χ1) is 7.65. The highest BCUT2D eigenvalue weighted by Crippen LogP contribution is 2.14. The van der Waals surface area contributed by atoms with Crippen molar-refractivity contribution in [2.75, 3.05) is 0 Å². The molecule has 0 spiro atoms. The van der Waals surface area contributed by atoms with Crippen LogP contribution in [0.5, 0.6) is 0 Å². The lowest BCUT2D eigenvalue weighted by molar-refractivity contribution is -0.124. The van der Waals surface area contributed by atoms with Gasteiger partial charge in [0.05, 0.1) is 11.7 Å². The van der Waals surface area contributed by atoms with E-state index in [4.69, 9.17) is 5.84 Å². The number of carbonyl (C=O) groups is 1. The number of thiophene rings is 1. The molecule has 6 nitrogen and oxygen atoms in total. The lowest BCUT2D eigenvalue weighted by Crippen LogP contribution is -2.39. The van der Waals surface area contributed by atoms with Crippen molar-refractivity contribution in [3.05, 3.63) is 28.1 Å². The van der Waals surface area contributed by atoms with Gasteiger partial charge in [0, 0.05) is 0 Å². The van der Waals surface area contributed by atoms with E-state index in [1.807, 2.05) is 5.43 Å². The van der Waals surface area contributed by atoms with Crippen LogP contribution in [0.3, 0.4) is 0 Å². The molecule has 2 aromatic rings. The second-order valence-electron chi connectivity index (χ2n) is 3.28. The van der Waals surface area contributed by atoms with Crippen LogP contribution in [0.15, 0.2) is 22.6 Å². The fourth-order valence-electron chi connectivity index (χ4n) is 1.39. The van der Waals surface area contributed by atoms with Crippen molar-refractivity contribution in [3.63, 3.8) is 0 Å². The van der Waals surface area contributed by atoms with Crippen molar-refractivity contribution in [2.45, 2.75) is 13.0 Å². The van der Waals surface area contributed by atoms with E-state index in [1.54, 1.807) is 18.4 Å². The number of amides is 1. The van der Waals surface area contributed by atoms with Crippen molar-refractivity contribution in [1.29, 1.82) is 0 Å². The molecule has 0 saturated carbocycles. The van der Waals surface area contributed by atoms with Crippen LogP contribution < -0.4 is 16.8 Å². The molecule has 1 unspecified atom stereocenters. The molecular weight excluding hydrogens is 228 g/mol. The Labute approximate surface area is 94.7 Å². The SMILES string of the molecule is CC(C(=O)NN)n1cnc2sccc2c1=O. The quantitative estimate of drug-likeness (QED) is 0.438. The molecule has 16 heavy (non-hydrogen) atoms. The molecule has 7 heteroatoms. The first kappa shape index (κ1) is 10.8. The monoisotopic (exact) mass is 238 g/mol. The number of rotatable bonds is 2. The zero-order valence-electron chi connectivity index (χ0n) is 8.51. The van der Waals surface area contributed by atoms with Gasteiger partial charge in [0.1, 0.15) is 10.9 Å². The normalized spacial score (nSPS) is 12.6. The lowest BCUT2D eigenvalue weighted by Gasteiger charge is -2.12. The third-order valence-electron chi connectivity index (χ3n) is 2.35. The van der Waals surface area contributed by atoms with Gasteiger partial charge in [-0.3, -0.25) is 19.6 Å². The van der Waals surface area contributed by atoms with E-state index in [1.165, 1.54) is 22.2 Å². The Bertz CT molecular complexity index is 588. The standard InChI is InChI=1S/C9H10N4O2S/c1-5(7(14)12-10)13-4-11-8-6(9(13)15)2-3-16-8/h2-5H,10H2,1H3,(H,12,14). The Morgan fingerprint density at radius 3 is 3.12 bits per heavy atom. The molecule has 2 rings (SSSR count). The Kier molecular flexibility index (Phi) is 2.71. The largest absolute Gasteiger partial charge is 0.292 e. The summed E-state index contributed by atoms with van der Waals surface area (Å²) >= 11 is 1.39.